The van der Waals surface area contributed by atoms with Gasteiger partial charge in [0.25, 0.3) is 0 Å². The lowest BCUT2D eigenvalue weighted by atomic mass is 9.84. The highest BCUT2D eigenvalue weighted by molar-refractivity contribution is 6.11. The maximum atomic E-state index is 13.9. The van der Waals surface area contributed by atoms with Gasteiger partial charge in [-0.2, -0.15) is 0 Å². The number of halogens is 1. The molecule has 5 rings (SSSR count). The van der Waals surface area contributed by atoms with E-state index in [1.165, 1.54) is 6.07 Å². The second-order valence-corrected chi connectivity index (χ2v) is 7.82. The molecule has 3 aliphatic rings. The third kappa shape index (κ3) is 3.24. The average molecular weight is 394 g/mol. The van der Waals surface area contributed by atoms with Crippen molar-refractivity contribution < 1.29 is 13.9 Å². The Labute approximate surface area is 169 Å². The minimum Gasteiger partial charge on any atom is -0.371 e. The lowest BCUT2D eigenvalue weighted by Crippen LogP contribution is -2.59. The Bertz CT molecular complexity index is 965. The Morgan fingerprint density at radius 1 is 1.21 bits per heavy atom. The number of aryl methyl sites for hydroxylation is 1. The molecule has 0 N–H and O–H groups in total. The summed E-state index contributed by atoms with van der Waals surface area (Å²) in [5.41, 5.74) is 3.77. The van der Waals surface area contributed by atoms with Gasteiger partial charge in [-0.05, 0) is 53.8 Å². The first kappa shape index (κ1) is 18.4. The minimum atomic E-state index is -0.383. The van der Waals surface area contributed by atoms with Crippen molar-refractivity contribution in [3.05, 3.63) is 65.2 Å². The van der Waals surface area contributed by atoms with E-state index < -0.39 is 0 Å². The number of pyridine rings is 1. The summed E-state index contributed by atoms with van der Waals surface area (Å²) in [6, 6.07) is 8.79. The molecule has 2 aliphatic heterocycles. The maximum Gasteiger partial charge on any atom is 0.231 e. The number of ether oxygens (including phenoxy) is 1. The first-order chi connectivity index (χ1) is 14.1. The van der Waals surface area contributed by atoms with Crippen molar-refractivity contribution in [1.29, 1.82) is 0 Å². The van der Waals surface area contributed by atoms with E-state index in [0.717, 1.165) is 35.2 Å². The molecule has 1 aromatic carbocycles. The van der Waals surface area contributed by atoms with Gasteiger partial charge < -0.3 is 9.64 Å². The van der Waals surface area contributed by atoms with Gasteiger partial charge in [0, 0.05) is 32.0 Å². The van der Waals surface area contributed by atoms with Gasteiger partial charge in [-0.15, -0.1) is 0 Å². The van der Waals surface area contributed by atoms with Crippen molar-refractivity contribution in [3.8, 4) is 0 Å². The topological polar surface area (TPSA) is 58.0 Å². The molecule has 2 aromatic rings. The van der Waals surface area contributed by atoms with E-state index in [0.29, 0.717) is 13.2 Å². The first-order valence-electron chi connectivity index (χ1n) is 10.0. The molecule has 1 saturated heterocycles. The quantitative estimate of drug-likeness (QED) is 0.786. The number of nitrogens with zero attached hydrogens (tertiary/aromatic N) is 4. The molecule has 29 heavy (non-hydrogen) atoms. The Morgan fingerprint density at radius 2 is 2.03 bits per heavy atom. The van der Waals surface area contributed by atoms with Crippen LogP contribution in [0.4, 0.5) is 4.39 Å². The molecule has 6 nitrogen and oxygen atoms in total. The molecular weight excluding hydrogens is 371 g/mol. The van der Waals surface area contributed by atoms with Gasteiger partial charge in [0.05, 0.1) is 24.8 Å². The Balaban J connectivity index is 1.50. The smallest absolute Gasteiger partial charge is 0.231 e. The Kier molecular flexibility index (Phi) is 4.64. The number of carbonyl (C=O) groups is 1. The normalized spacial score (nSPS) is 27.2. The van der Waals surface area contributed by atoms with Crippen LogP contribution in [-0.4, -0.2) is 58.9 Å². The molecule has 1 aliphatic carbocycles. The summed E-state index contributed by atoms with van der Waals surface area (Å²) >= 11 is 0. The standard InChI is InChI=1S/C22H23FN4O2/c1-26-20(28)13-18(15-6-8-24-9-7-15)25-22(26)27-10-11-29-21-17-12-16(23)4-2-14(17)3-5-19(21)27/h2,4,6-9,12,19,21-22H,3,5,10-11,13H2,1H3/t19-,21-,22?/m0/s1. The van der Waals surface area contributed by atoms with Gasteiger partial charge >= 0.3 is 0 Å². The van der Waals surface area contributed by atoms with Gasteiger partial charge in [-0.25, -0.2) is 9.38 Å². The minimum absolute atomic E-state index is 0.0436. The average Bonchev–Trinajstić information content (AvgIpc) is 2.75. The van der Waals surface area contributed by atoms with E-state index >= 15 is 0 Å². The van der Waals surface area contributed by atoms with Crippen molar-refractivity contribution in [1.82, 2.24) is 14.8 Å². The fourth-order valence-electron chi connectivity index (χ4n) is 4.68. The first-order valence-corrected chi connectivity index (χ1v) is 10.0. The van der Waals surface area contributed by atoms with Crippen LogP contribution < -0.4 is 0 Å². The lowest BCUT2D eigenvalue weighted by Gasteiger charge is -2.49. The largest absolute Gasteiger partial charge is 0.371 e. The molecule has 3 heterocycles. The number of hydrogen-bond acceptors (Lipinski definition) is 5. The van der Waals surface area contributed by atoms with Crippen molar-refractivity contribution in [2.45, 2.75) is 37.7 Å². The van der Waals surface area contributed by atoms with Crippen molar-refractivity contribution >= 4 is 11.6 Å². The van der Waals surface area contributed by atoms with E-state index in [2.05, 4.69) is 9.88 Å². The van der Waals surface area contributed by atoms with Crippen LogP contribution in [0.5, 0.6) is 0 Å². The summed E-state index contributed by atoms with van der Waals surface area (Å²) in [5.74, 6) is -0.199. The summed E-state index contributed by atoms with van der Waals surface area (Å²) in [6.07, 6.45) is 4.88. The molecule has 1 fully saturated rings. The summed E-state index contributed by atoms with van der Waals surface area (Å²) in [6.45, 7) is 1.21. The number of hydrogen-bond donors (Lipinski definition) is 0. The fourth-order valence-corrected chi connectivity index (χ4v) is 4.68. The molecule has 1 aromatic heterocycles. The molecule has 0 bridgehead atoms. The predicted octanol–water partition coefficient (Wildman–Crippen LogP) is 2.54. The number of benzene rings is 1. The third-order valence-electron chi connectivity index (χ3n) is 6.19. The van der Waals surface area contributed by atoms with Gasteiger partial charge in [-0.1, -0.05) is 6.07 Å². The van der Waals surface area contributed by atoms with Crippen LogP contribution in [-0.2, 0) is 16.0 Å². The number of morpholine rings is 1. The molecule has 0 spiro atoms. The van der Waals surface area contributed by atoms with E-state index in [9.17, 15) is 9.18 Å². The zero-order chi connectivity index (χ0) is 20.0. The van der Waals surface area contributed by atoms with Crippen LogP contribution >= 0.6 is 0 Å². The number of rotatable bonds is 2. The van der Waals surface area contributed by atoms with Crippen LogP contribution in [0.25, 0.3) is 0 Å². The number of fused-ring (bicyclic) bond motifs is 3. The summed E-state index contributed by atoms with van der Waals surface area (Å²) in [7, 11) is 1.81. The lowest BCUT2D eigenvalue weighted by molar-refractivity contribution is -0.147. The fraction of sp³-hybridized carbons (Fsp3) is 0.409. The zero-order valence-corrected chi connectivity index (χ0v) is 16.3. The van der Waals surface area contributed by atoms with Crippen LogP contribution in [0, 0.1) is 5.82 Å². The highest BCUT2D eigenvalue weighted by atomic mass is 19.1. The van der Waals surface area contributed by atoms with E-state index in [4.69, 9.17) is 9.73 Å². The monoisotopic (exact) mass is 394 g/mol. The van der Waals surface area contributed by atoms with Crippen LogP contribution in [0.2, 0.25) is 0 Å². The zero-order valence-electron chi connectivity index (χ0n) is 16.3. The maximum absolute atomic E-state index is 13.9. The van der Waals surface area contributed by atoms with Gasteiger partial charge in [0.15, 0.2) is 6.29 Å². The molecule has 3 atom stereocenters. The van der Waals surface area contributed by atoms with Crippen LogP contribution in [0.15, 0.2) is 47.7 Å². The van der Waals surface area contributed by atoms with Crippen LogP contribution in [0.3, 0.4) is 0 Å². The number of aliphatic imine (C=N–C) groups is 1. The summed E-state index contributed by atoms with van der Waals surface area (Å²) < 4.78 is 20.0. The predicted molar refractivity (Wildman–Crippen MR) is 106 cm³/mol. The Hall–Kier alpha value is -2.64. The van der Waals surface area contributed by atoms with E-state index in [1.807, 2.05) is 18.2 Å². The number of amides is 1. The summed E-state index contributed by atoms with van der Waals surface area (Å²) in [4.78, 5) is 25.7. The molecule has 1 amide bonds. The third-order valence-corrected chi connectivity index (χ3v) is 6.19. The molecule has 0 radical (unpaired) electrons. The van der Waals surface area contributed by atoms with Crippen molar-refractivity contribution in [2.75, 3.05) is 20.2 Å². The molecule has 150 valence electrons. The molecular formula is C22H23FN4O2. The highest BCUT2D eigenvalue weighted by Crippen LogP contribution is 2.39. The summed E-state index contributed by atoms with van der Waals surface area (Å²) in [5, 5.41) is 0. The van der Waals surface area contributed by atoms with E-state index in [-0.39, 0.29) is 36.6 Å². The second kappa shape index (κ2) is 7.31. The van der Waals surface area contributed by atoms with Gasteiger partial charge in [0.1, 0.15) is 5.82 Å². The molecule has 7 heteroatoms. The number of aromatic nitrogens is 1. The Morgan fingerprint density at radius 3 is 2.86 bits per heavy atom. The SMILES string of the molecule is CN1C(=O)CC(c2ccncc2)=NC1N1CCO[C@H]2c3cc(F)ccc3CC[C@@H]21. The highest BCUT2D eigenvalue weighted by Gasteiger charge is 2.43. The van der Waals surface area contributed by atoms with E-state index in [1.54, 1.807) is 30.4 Å². The van der Waals surface area contributed by atoms with Crippen LogP contribution in [0.1, 0.15) is 35.6 Å². The van der Waals surface area contributed by atoms with Crippen molar-refractivity contribution in [2.24, 2.45) is 4.99 Å². The van der Waals surface area contributed by atoms with Gasteiger partial charge in [0.2, 0.25) is 5.91 Å². The van der Waals surface area contributed by atoms with Crippen molar-refractivity contribution in [3.63, 3.8) is 0 Å². The second-order valence-electron chi connectivity index (χ2n) is 7.82. The number of carbonyl (C=O) groups excluding carboxylic acids is 1. The molecule has 0 saturated carbocycles. The van der Waals surface area contributed by atoms with Gasteiger partial charge in [-0.3, -0.25) is 14.7 Å². The molecule has 1 unspecified atom stereocenters.